The molecule has 2 aromatic carbocycles. The van der Waals surface area contributed by atoms with Gasteiger partial charge in [-0.1, -0.05) is 30.3 Å². The molecule has 4 heteroatoms. The minimum absolute atomic E-state index is 0.271. The van der Waals surface area contributed by atoms with E-state index in [4.69, 9.17) is 9.15 Å². The summed E-state index contributed by atoms with van der Waals surface area (Å²) >= 11 is 0. The van der Waals surface area contributed by atoms with Gasteiger partial charge >= 0.3 is 0 Å². The number of anilines is 1. The van der Waals surface area contributed by atoms with Gasteiger partial charge < -0.3 is 14.5 Å². The van der Waals surface area contributed by atoms with Crippen molar-refractivity contribution in [3.05, 3.63) is 84.3 Å². The molecule has 3 aromatic rings. The van der Waals surface area contributed by atoms with Crippen molar-refractivity contribution in [3.63, 3.8) is 0 Å². The number of carbonyl (C=O) groups excluding carboxylic acids is 1. The normalized spacial score (nSPS) is 10.3. The van der Waals surface area contributed by atoms with Crippen LogP contribution >= 0.6 is 0 Å². The first-order chi connectivity index (χ1) is 11.3. The average molecular weight is 307 g/mol. The number of amides is 1. The van der Waals surface area contributed by atoms with Gasteiger partial charge in [0.1, 0.15) is 5.75 Å². The van der Waals surface area contributed by atoms with Crippen molar-refractivity contribution in [2.45, 2.75) is 6.42 Å². The lowest BCUT2D eigenvalue weighted by Gasteiger charge is -2.08. The molecule has 0 saturated carbocycles. The number of benzene rings is 2. The average Bonchev–Trinajstić information content (AvgIpc) is 3.12. The Balaban J connectivity index is 1.50. The number of hydrogen-bond acceptors (Lipinski definition) is 3. The number of rotatable bonds is 6. The van der Waals surface area contributed by atoms with Crippen LogP contribution in [0.4, 0.5) is 5.69 Å². The molecule has 0 atom stereocenters. The molecule has 0 aliphatic rings. The van der Waals surface area contributed by atoms with Gasteiger partial charge in [0, 0.05) is 12.1 Å². The molecule has 1 aromatic heterocycles. The van der Waals surface area contributed by atoms with E-state index >= 15 is 0 Å². The van der Waals surface area contributed by atoms with E-state index in [0.29, 0.717) is 12.3 Å². The second-order valence-electron chi connectivity index (χ2n) is 5.04. The molecule has 4 nitrogen and oxygen atoms in total. The highest BCUT2D eigenvalue weighted by Gasteiger charge is 2.08. The van der Waals surface area contributed by atoms with Gasteiger partial charge in [0.25, 0.3) is 5.91 Å². The lowest BCUT2D eigenvalue weighted by Crippen LogP contribution is -2.10. The van der Waals surface area contributed by atoms with E-state index in [0.717, 1.165) is 12.2 Å². The van der Waals surface area contributed by atoms with E-state index in [9.17, 15) is 4.79 Å². The predicted octanol–water partition coefficient (Wildman–Crippen LogP) is 4.15. The molecule has 1 heterocycles. The Bertz CT molecular complexity index is 734. The fourth-order valence-corrected chi connectivity index (χ4v) is 2.17. The van der Waals surface area contributed by atoms with Gasteiger partial charge in [-0.05, 0) is 42.0 Å². The maximum atomic E-state index is 11.9. The molecule has 1 N–H and O–H groups in total. The summed E-state index contributed by atoms with van der Waals surface area (Å²) in [5.74, 6) is 0.790. The molecule has 0 radical (unpaired) electrons. The van der Waals surface area contributed by atoms with Crippen LogP contribution in [0.1, 0.15) is 16.1 Å². The highest BCUT2D eigenvalue weighted by Crippen LogP contribution is 2.17. The Kier molecular flexibility index (Phi) is 4.74. The first-order valence-electron chi connectivity index (χ1n) is 7.43. The van der Waals surface area contributed by atoms with Crippen LogP contribution in [0.3, 0.4) is 0 Å². The third-order valence-corrected chi connectivity index (χ3v) is 3.36. The molecular formula is C19H17NO3. The quantitative estimate of drug-likeness (QED) is 0.744. The zero-order chi connectivity index (χ0) is 15.9. The van der Waals surface area contributed by atoms with Gasteiger partial charge in [-0.2, -0.15) is 0 Å². The molecule has 0 saturated heterocycles. The minimum atomic E-state index is -0.271. The number of carbonyl (C=O) groups is 1. The van der Waals surface area contributed by atoms with Crippen LogP contribution in [0.5, 0.6) is 5.75 Å². The lowest BCUT2D eigenvalue weighted by molar-refractivity contribution is 0.0996. The smallest absolute Gasteiger partial charge is 0.291 e. The largest absolute Gasteiger partial charge is 0.493 e. The topological polar surface area (TPSA) is 51.5 Å². The minimum Gasteiger partial charge on any atom is -0.493 e. The molecule has 3 rings (SSSR count). The molecule has 0 unspecified atom stereocenters. The standard InChI is InChI=1S/C19H17NO3/c21-19(18-7-4-13-23-18)20-16-8-10-17(11-9-16)22-14-12-15-5-2-1-3-6-15/h1-11,13H,12,14H2,(H,20,21). The maximum Gasteiger partial charge on any atom is 0.291 e. The summed E-state index contributed by atoms with van der Waals surface area (Å²) in [6, 6.07) is 20.8. The lowest BCUT2D eigenvalue weighted by atomic mass is 10.2. The van der Waals surface area contributed by atoms with Gasteiger partial charge in [-0.3, -0.25) is 4.79 Å². The van der Waals surface area contributed by atoms with Crippen molar-refractivity contribution in [1.82, 2.24) is 0 Å². The van der Waals surface area contributed by atoms with Crippen LogP contribution in [0.15, 0.2) is 77.4 Å². The van der Waals surface area contributed by atoms with Gasteiger partial charge in [0.15, 0.2) is 5.76 Å². The highest BCUT2D eigenvalue weighted by atomic mass is 16.5. The molecular weight excluding hydrogens is 290 g/mol. The molecule has 0 bridgehead atoms. The summed E-state index contributed by atoms with van der Waals surface area (Å²) in [6.07, 6.45) is 2.33. The van der Waals surface area contributed by atoms with E-state index in [1.807, 2.05) is 30.3 Å². The summed E-state index contributed by atoms with van der Waals surface area (Å²) in [5.41, 5.74) is 1.94. The van der Waals surface area contributed by atoms with Crippen LogP contribution in [-0.2, 0) is 6.42 Å². The van der Waals surface area contributed by atoms with Gasteiger partial charge in [0.05, 0.1) is 12.9 Å². The van der Waals surface area contributed by atoms with E-state index < -0.39 is 0 Å². The molecule has 0 aliphatic heterocycles. The summed E-state index contributed by atoms with van der Waals surface area (Å²) in [4.78, 5) is 11.9. The van der Waals surface area contributed by atoms with E-state index in [1.54, 1.807) is 24.3 Å². The second-order valence-corrected chi connectivity index (χ2v) is 5.04. The van der Waals surface area contributed by atoms with Crippen molar-refractivity contribution in [1.29, 1.82) is 0 Å². The summed E-state index contributed by atoms with van der Waals surface area (Å²) in [7, 11) is 0. The predicted molar refractivity (Wildman–Crippen MR) is 88.7 cm³/mol. The Labute approximate surface area is 134 Å². The van der Waals surface area contributed by atoms with Gasteiger partial charge in [-0.25, -0.2) is 0 Å². The van der Waals surface area contributed by atoms with Crippen molar-refractivity contribution < 1.29 is 13.9 Å². The Morgan fingerprint density at radius 2 is 1.74 bits per heavy atom. The second kappa shape index (κ2) is 7.31. The summed E-state index contributed by atoms with van der Waals surface area (Å²) in [6.45, 7) is 0.613. The highest BCUT2D eigenvalue weighted by molar-refractivity contribution is 6.02. The number of nitrogens with one attached hydrogen (secondary N) is 1. The molecule has 1 amide bonds. The van der Waals surface area contributed by atoms with Crippen LogP contribution in [0, 0.1) is 0 Å². The van der Waals surface area contributed by atoms with Crippen LogP contribution < -0.4 is 10.1 Å². The third-order valence-electron chi connectivity index (χ3n) is 3.36. The maximum absolute atomic E-state index is 11.9. The van der Waals surface area contributed by atoms with E-state index in [2.05, 4.69) is 17.4 Å². The molecule has 0 spiro atoms. The Hall–Kier alpha value is -3.01. The van der Waals surface area contributed by atoms with Crippen LogP contribution in [-0.4, -0.2) is 12.5 Å². The van der Waals surface area contributed by atoms with E-state index in [-0.39, 0.29) is 11.7 Å². The van der Waals surface area contributed by atoms with Crippen LogP contribution in [0.25, 0.3) is 0 Å². The van der Waals surface area contributed by atoms with Crippen molar-refractivity contribution in [2.75, 3.05) is 11.9 Å². The van der Waals surface area contributed by atoms with Gasteiger partial charge in [0.2, 0.25) is 0 Å². The zero-order valence-corrected chi connectivity index (χ0v) is 12.6. The SMILES string of the molecule is O=C(Nc1ccc(OCCc2ccccc2)cc1)c1ccco1. The molecule has 0 aliphatic carbocycles. The Morgan fingerprint density at radius 1 is 0.957 bits per heavy atom. The fraction of sp³-hybridized carbons (Fsp3) is 0.105. The van der Waals surface area contributed by atoms with E-state index in [1.165, 1.54) is 11.8 Å². The Morgan fingerprint density at radius 3 is 2.43 bits per heavy atom. The molecule has 0 fully saturated rings. The van der Waals surface area contributed by atoms with Crippen molar-refractivity contribution >= 4 is 11.6 Å². The monoisotopic (exact) mass is 307 g/mol. The summed E-state index contributed by atoms with van der Waals surface area (Å²) in [5, 5.41) is 2.77. The number of ether oxygens (including phenoxy) is 1. The van der Waals surface area contributed by atoms with Crippen molar-refractivity contribution in [2.24, 2.45) is 0 Å². The number of hydrogen-bond donors (Lipinski definition) is 1. The van der Waals surface area contributed by atoms with Crippen molar-refractivity contribution in [3.8, 4) is 5.75 Å². The third kappa shape index (κ3) is 4.23. The van der Waals surface area contributed by atoms with Crippen LogP contribution in [0.2, 0.25) is 0 Å². The molecule has 23 heavy (non-hydrogen) atoms. The first kappa shape index (κ1) is 14.9. The zero-order valence-electron chi connectivity index (χ0n) is 12.6. The first-order valence-corrected chi connectivity index (χ1v) is 7.43. The number of furan rings is 1. The van der Waals surface area contributed by atoms with Gasteiger partial charge in [-0.15, -0.1) is 0 Å². The summed E-state index contributed by atoms with van der Waals surface area (Å²) < 4.78 is 10.8. The molecule has 116 valence electrons. The fourth-order valence-electron chi connectivity index (χ4n) is 2.17.